The molecule has 0 bridgehead atoms. The number of rotatable bonds is 16. The van der Waals surface area contributed by atoms with E-state index >= 15 is 0 Å². The lowest BCUT2D eigenvalue weighted by Gasteiger charge is -2.07. The van der Waals surface area contributed by atoms with Crippen molar-refractivity contribution in [3.05, 3.63) is 0 Å². The maximum atomic E-state index is 5.43. The van der Waals surface area contributed by atoms with Gasteiger partial charge >= 0.3 is 0 Å². The molecule has 6 heteroatoms. The zero-order chi connectivity index (χ0) is 14.0. The van der Waals surface area contributed by atoms with Gasteiger partial charge in [-0.1, -0.05) is 0 Å². The summed E-state index contributed by atoms with van der Waals surface area (Å²) < 4.78 is 25.8. The van der Waals surface area contributed by atoms with Gasteiger partial charge in [-0.3, -0.25) is 0 Å². The zero-order valence-corrected chi connectivity index (χ0v) is 12.3. The van der Waals surface area contributed by atoms with E-state index < -0.39 is 0 Å². The Morgan fingerprint density at radius 2 is 1.11 bits per heavy atom. The number of hydrogen-bond acceptors (Lipinski definition) is 6. The Morgan fingerprint density at radius 3 is 1.68 bits per heavy atom. The second kappa shape index (κ2) is 17.8. The summed E-state index contributed by atoms with van der Waals surface area (Å²) in [5.41, 5.74) is 0. The van der Waals surface area contributed by atoms with Crippen LogP contribution in [0.4, 0.5) is 0 Å². The van der Waals surface area contributed by atoms with E-state index in [2.05, 4.69) is 5.32 Å². The first-order valence-corrected chi connectivity index (χ1v) is 6.83. The smallest absolute Gasteiger partial charge is 0.0701 e. The standard InChI is InChI=1S/C13H29NO5/c1-15-7-5-14-4-3-6-17-10-11-19-13-12-18-9-8-16-2/h14H,3-13H2,1-2H3. The van der Waals surface area contributed by atoms with Crippen molar-refractivity contribution >= 4 is 0 Å². The Kier molecular flexibility index (Phi) is 17.5. The molecule has 0 aliphatic carbocycles. The number of ether oxygens (including phenoxy) is 5. The zero-order valence-electron chi connectivity index (χ0n) is 12.3. The molecule has 0 unspecified atom stereocenters. The van der Waals surface area contributed by atoms with Crippen LogP contribution in [0.15, 0.2) is 0 Å². The predicted octanol–water partition coefficient (Wildman–Crippen LogP) is 0.309. The molecule has 116 valence electrons. The fraction of sp³-hybridized carbons (Fsp3) is 1.00. The van der Waals surface area contributed by atoms with Gasteiger partial charge in [-0.15, -0.1) is 0 Å². The van der Waals surface area contributed by atoms with Crippen molar-refractivity contribution in [2.45, 2.75) is 6.42 Å². The van der Waals surface area contributed by atoms with E-state index in [9.17, 15) is 0 Å². The number of hydrogen-bond donors (Lipinski definition) is 1. The van der Waals surface area contributed by atoms with E-state index in [0.717, 1.165) is 32.7 Å². The lowest BCUT2D eigenvalue weighted by Crippen LogP contribution is -2.21. The van der Waals surface area contributed by atoms with Crippen molar-refractivity contribution in [2.24, 2.45) is 0 Å². The van der Waals surface area contributed by atoms with E-state index in [1.807, 2.05) is 0 Å². The molecule has 1 N–H and O–H groups in total. The van der Waals surface area contributed by atoms with Crippen LogP contribution >= 0.6 is 0 Å². The minimum absolute atomic E-state index is 0.603. The van der Waals surface area contributed by atoms with Gasteiger partial charge in [0.05, 0.1) is 46.2 Å². The Balaban J connectivity index is 2.88. The van der Waals surface area contributed by atoms with E-state index in [4.69, 9.17) is 23.7 Å². The molecule has 0 aliphatic heterocycles. The van der Waals surface area contributed by atoms with Crippen LogP contribution in [0, 0.1) is 0 Å². The third-order valence-corrected chi connectivity index (χ3v) is 2.30. The van der Waals surface area contributed by atoms with Gasteiger partial charge in [-0.05, 0) is 13.0 Å². The van der Waals surface area contributed by atoms with E-state index in [1.165, 1.54) is 0 Å². The van der Waals surface area contributed by atoms with Crippen molar-refractivity contribution in [2.75, 3.05) is 80.2 Å². The number of methoxy groups -OCH3 is 2. The van der Waals surface area contributed by atoms with Crippen molar-refractivity contribution in [1.82, 2.24) is 5.32 Å². The highest BCUT2D eigenvalue weighted by atomic mass is 16.6. The van der Waals surface area contributed by atoms with Crippen LogP contribution in [0.2, 0.25) is 0 Å². The van der Waals surface area contributed by atoms with Gasteiger partial charge in [0, 0.05) is 27.4 Å². The normalized spacial score (nSPS) is 11.1. The van der Waals surface area contributed by atoms with Crippen LogP contribution < -0.4 is 5.32 Å². The maximum absolute atomic E-state index is 5.43. The van der Waals surface area contributed by atoms with Gasteiger partial charge in [0.1, 0.15) is 0 Å². The monoisotopic (exact) mass is 279 g/mol. The summed E-state index contributed by atoms with van der Waals surface area (Å²) in [4.78, 5) is 0. The molecule has 0 heterocycles. The SMILES string of the molecule is COCCNCCCOCCOCCOCCOC. The van der Waals surface area contributed by atoms with Gasteiger partial charge in [-0.2, -0.15) is 0 Å². The fourth-order valence-electron chi connectivity index (χ4n) is 1.28. The molecule has 0 saturated heterocycles. The minimum atomic E-state index is 0.603. The average molecular weight is 279 g/mol. The Bertz CT molecular complexity index is 144. The highest BCUT2D eigenvalue weighted by Gasteiger charge is 1.92. The van der Waals surface area contributed by atoms with Crippen molar-refractivity contribution in [3.63, 3.8) is 0 Å². The topological polar surface area (TPSA) is 58.2 Å². The van der Waals surface area contributed by atoms with Crippen LogP contribution in [-0.2, 0) is 23.7 Å². The lowest BCUT2D eigenvalue weighted by atomic mass is 10.4. The largest absolute Gasteiger partial charge is 0.383 e. The Labute approximate surface area is 116 Å². The van der Waals surface area contributed by atoms with Crippen molar-refractivity contribution in [3.8, 4) is 0 Å². The quantitative estimate of drug-likeness (QED) is 0.410. The predicted molar refractivity (Wildman–Crippen MR) is 73.7 cm³/mol. The van der Waals surface area contributed by atoms with E-state index in [-0.39, 0.29) is 0 Å². The van der Waals surface area contributed by atoms with Gasteiger partial charge < -0.3 is 29.0 Å². The molecule has 19 heavy (non-hydrogen) atoms. The second-order valence-corrected chi connectivity index (χ2v) is 3.93. The van der Waals surface area contributed by atoms with E-state index in [1.54, 1.807) is 14.2 Å². The molecule has 0 aliphatic rings. The van der Waals surface area contributed by atoms with Crippen LogP contribution in [0.3, 0.4) is 0 Å². The summed E-state index contributed by atoms with van der Waals surface area (Å²) in [7, 11) is 3.36. The molecule has 0 aromatic rings. The lowest BCUT2D eigenvalue weighted by molar-refractivity contribution is 0.00343. The van der Waals surface area contributed by atoms with Crippen LogP contribution in [0.1, 0.15) is 6.42 Å². The summed E-state index contributed by atoms with van der Waals surface area (Å²) in [5.74, 6) is 0. The van der Waals surface area contributed by atoms with Gasteiger partial charge in [0.15, 0.2) is 0 Å². The molecule has 0 amide bonds. The second-order valence-electron chi connectivity index (χ2n) is 3.93. The third-order valence-electron chi connectivity index (χ3n) is 2.30. The van der Waals surface area contributed by atoms with Crippen LogP contribution in [0.25, 0.3) is 0 Å². The number of nitrogens with one attached hydrogen (secondary N) is 1. The first-order chi connectivity index (χ1) is 9.41. The summed E-state index contributed by atoms with van der Waals surface area (Å²) in [6, 6.07) is 0. The Morgan fingerprint density at radius 1 is 0.579 bits per heavy atom. The summed E-state index contributed by atoms with van der Waals surface area (Å²) in [6.07, 6.45) is 1.00. The molecule has 0 radical (unpaired) electrons. The summed E-state index contributed by atoms with van der Waals surface area (Å²) in [6.45, 7) is 7.06. The maximum Gasteiger partial charge on any atom is 0.0701 e. The molecular weight excluding hydrogens is 250 g/mol. The van der Waals surface area contributed by atoms with Crippen LogP contribution in [0.5, 0.6) is 0 Å². The average Bonchev–Trinajstić information content (AvgIpc) is 2.43. The first-order valence-electron chi connectivity index (χ1n) is 6.83. The van der Waals surface area contributed by atoms with Gasteiger partial charge in [0.2, 0.25) is 0 Å². The van der Waals surface area contributed by atoms with Gasteiger partial charge in [0.25, 0.3) is 0 Å². The molecule has 6 nitrogen and oxygen atoms in total. The molecule has 0 rings (SSSR count). The molecule has 0 aromatic carbocycles. The first kappa shape index (κ1) is 18.8. The fourth-order valence-corrected chi connectivity index (χ4v) is 1.28. The molecule has 0 fully saturated rings. The van der Waals surface area contributed by atoms with Crippen molar-refractivity contribution < 1.29 is 23.7 Å². The van der Waals surface area contributed by atoms with Crippen molar-refractivity contribution in [1.29, 1.82) is 0 Å². The summed E-state index contributed by atoms with van der Waals surface area (Å²) >= 11 is 0. The molecule has 0 saturated carbocycles. The van der Waals surface area contributed by atoms with Crippen LogP contribution in [-0.4, -0.2) is 80.2 Å². The highest BCUT2D eigenvalue weighted by molar-refractivity contribution is 4.46. The van der Waals surface area contributed by atoms with E-state index in [0.29, 0.717) is 39.6 Å². The molecule has 0 atom stereocenters. The third kappa shape index (κ3) is 17.8. The molecule has 0 aromatic heterocycles. The highest BCUT2D eigenvalue weighted by Crippen LogP contribution is 1.84. The molecular formula is C13H29NO5. The molecule has 0 spiro atoms. The Hall–Kier alpha value is -0.240. The minimum Gasteiger partial charge on any atom is -0.383 e. The summed E-state index contributed by atoms with van der Waals surface area (Å²) in [5, 5.41) is 3.26. The van der Waals surface area contributed by atoms with Gasteiger partial charge in [-0.25, -0.2) is 0 Å².